The van der Waals surface area contributed by atoms with Crippen molar-refractivity contribution in [2.75, 3.05) is 19.6 Å². The Morgan fingerprint density at radius 1 is 0.784 bits per heavy atom. The number of Topliss-reactive ketones (excluding diaryl/α,β-unsaturated/α-hetero) is 1. The molecule has 1 heterocycles. The Hall–Kier alpha value is -0.0561. The molecule has 1 radical (unpaired) electrons. The van der Waals surface area contributed by atoms with Crippen molar-refractivity contribution in [1.82, 2.24) is 14.5 Å². The maximum atomic E-state index is 12.2. The Bertz CT molecular complexity index is 605. The van der Waals surface area contributed by atoms with E-state index in [2.05, 4.69) is 48.3 Å². The number of unbranched alkanes of at least 4 members (excludes halogenated alkanes) is 9. The molecule has 37 heavy (non-hydrogen) atoms. The molecular weight excluding hydrogens is 531 g/mol. The predicted octanol–water partition coefficient (Wildman–Crippen LogP) is 8.90. The number of hydrogen-bond donors (Lipinski definition) is 0. The molecule has 1 atom stereocenters. The molecule has 0 aliphatic carbocycles. The molecule has 5 heteroatoms. The van der Waals surface area contributed by atoms with Gasteiger partial charge in [-0.25, -0.2) is 4.98 Å². The summed E-state index contributed by atoms with van der Waals surface area (Å²) in [7, 11) is 0. The first-order valence-corrected chi connectivity index (χ1v) is 15.5. The average Bonchev–Trinajstić information content (AvgIpc) is 3.37. The van der Waals surface area contributed by atoms with Gasteiger partial charge in [-0.2, -0.15) is 6.42 Å². The van der Waals surface area contributed by atoms with Crippen molar-refractivity contribution in [3.8, 4) is 0 Å². The molecule has 0 bridgehead atoms. The van der Waals surface area contributed by atoms with Crippen molar-refractivity contribution in [3.63, 3.8) is 0 Å². The van der Waals surface area contributed by atoms with E-state index in [1.807, 2.05) is 12.5 Å². The van der Waals surface area contributed by atoms with Crippen LogP contribution in [0.2, 0.25) is 0 Å². The number of aromatic nitrogens is 2. The monoisotopic (exact) mass is 591 g/mol. The van der Waals surface area contributed by atoms with E-state index < -0.39 is 0 Å². The number of aryl methyl sites for hydroxylation is 1. The van der Waals surface area contributed by atoms with Gasteiger partial charge in [0.25, 0.3) is 0 Å². The molecule has 1 unspecified atom stereocenters. The zero-order valence-corrected chi connectivity index (χ0v) is 27.8. The summed E-state index contributed by atoms with van der Waals surface area (Å²) in [6.45, 7) is 15.6. The molecule has 0 aliphatic rings. The fraction of sp³-hybridized carbons (Fsp3) is 0.844. The van der Waals surface area contributed by atoms with Gasteiger partial charge in [0.05, 0.1) is 6.33 Å². The summed E-state index contributed by atoms with van der Waals surface area (Å²) in [5.41, 5.74) is 0. The largest absolute Gasteiger partial charge is 0.343 e. The molecule has 0 saturated heterocycles. The summed E-state index contributed by atoms with van der Waals surface area (Å²) in [4.78, 5) is 19.1. The van der Waals surface area contributed by atoms with Crippen LogP contribution in [0.15, 0.2) is 18.7 Å². The summed E-state index contributed by atoms with van der Waals surface area (Å²) in [5.74, 6) is 1.99. The van der Waals surface area contributed by atoms with E-state index in [0.717, 1.165) is 44.6 Å². The smallest absolute Gasteiger partial charge is 0.132 e. The van der Waals surface area contributed by atoms with Gasteiger partial charge < -0.3 is 16.4 Å². The van der Waals surface area contributed by atoms with Gasteiger partial charge in [-0.05, 0) is 63.6 Å². The molecule has 4 nitrogen and oxygen atoms in total. The fourth-order valence-electron chi connectivity index (χ4n) is 5.01. The SMILES string of the molecule is [CH2-]CCCCCCN(CCCCCCCCC(=O)CCC(C)CCCC(C)C)CCCn1ccnc1.[Y]. The molecule has 1 aromatic heterocycles. The first-order chi connectivity index (χ1) is 17.5. The molecule has 0 fully saturated rings. The number of carbonyl (C=O) groups excluding carboxylic acids is 1. The average molecular weight is 592 g/mol. The normalized spacial score (nSPS) is 12.3. The van der Waals surface area contributed by atoms with Gasteiger partial charge in [-0.3, -0.25) is 4.79 Å². The van der Waals surface area contributed by atoms with Crippen LogP contribution in [0, 0.1) is 18.8 Å². The van der Waals surface area contributed by atoms with Gasteiger partial charge in [0, 0.05) is 64.5 Å². The van der Waals surface area contributed by atoms with Crippen LogP contribution in [0.5, 0.6) is 0 Å². The Kier molecular flexibility index (Phi) is 26.1. The van der Waals surface area contributed by atoms with Crippen LogP contribution < -0.4 is 0 Å². The van der Waals surface area contributed by atoms with Gasteiger partial charge in [0.1, 0.15) is 5.78 Å². The Balaban J connectivity index is 0.0000130. The van der Waals surface area contributed by atoms with E-state index in [0.29, 0.717) is 11.7 Å². The Labute approximate surface area is 256 Å². The van der Waals surface area contributed by atoms with E-state index in [-0.39, 0.29) is 32.7 Å². The summed E-state index contributed by atoms with van der Waals surface area (Å²) in [6, 6.07) is 0. The molecule has 213 valence electrons. The third-order valence-electron chi connectivity index (χ3n) is 7.50. The van der Waals surface area contributed by atoms with Crippen LogP contribution in [-0.2, 0) is 44.0 Å². The predicted molar refractivity (Wildman–Crippen MR) is 156 cm³/mol. The quantitative estimate of drug-likeness (QED) is 0.0798. The first-order valence-electron chi connectivity index (χ1n) is 15.5. The fourth-order valence-corrected chi connectivity index (χ4v) is 5.01. The zero-order chi connectivity index (χ0) is 26.3. The van der Waals surface area contributed by atoms with Crippen LogP contribution in [0.1, 0.15) is 136 Å². The van der Waals surface area contributed by atoms with Gasteiger partial charge in [0.15, 0.2) is 0 Å². The molecular formula is C32H60N3OY-. The minimum atomic E-state index is 0. The van der Waals surface area contributed by atoms with Gasteiger partial charge in [-0.1, -0.05) is 85.0 Å². The van der Waals surface area contributed by atoms with Crippen molar-refractivity contribution in [3.05, 3.63) is 25.6 Å². The standard InChI is InChI=1S/C32H60N3O.Y/c1-5-6-7-11-14-24-34(26-17-27-35-28-23-33-29-35)25-15-12-9-8-10-13-20-32(36)22-21-31(4)19-16-18-30(2)3;/h23,28-31H,1,5-22,24-27H2,2-4H3;/q-1;. The van der Waals surface area contributed by atoms with Gasteiger partial charge in [-0.15, -0.1) is 0 Å². The van der Waals surface area contributed by atoms with Crippen molar-refractivity contribution in [2.45, 2.75) is 143 Å². The number of ketones is 1. The van der Waals surface area contributed by atoms with Crippen LogP contribution >= 0.6 is 0 Å². The van der Waals surface area contributed by atoms with E-state index in [4.69, 9.17) is 0 Å². The van der Waals surface area contributed by atoms with Crippen LogP contribution in [0.4, 0.5) is 0 Å². The second kappa shape index (κ2) is 26.2. The van der Waals surface area contributed by atoms with Crippen LogP contribution in [0.25, 0.3) is 0 Å². The minimum absolute atomic E-state index is 0. The summed E-state index contributed by atoms with van der Waals surface area (Å²) in [5, 5.41) is 0. The summed E-state index contributed by atoms with van der Waals surface area (Å²) < 4.78 is 2.19. The maximum Gasteiger partial charge on any atom is 0.132 e. The second-order valence-corrected chi connectivity index (χ2v) is 11.6. The third kappa shape index (κ3) is 23.5. The zero-order valence-electron chi connectivity index (χ0n) is 25.0. The van der Waals surface area contributed by atoms with Crippen molar-refractivity contribution in [1.29, 1.82) is 0 Å². The molecule has 0 aromatic carbocycles. The molecule has 0 spiro atoms. The Morgan fingerprint density at radius 3 is 2.03 bits per heavy atom. The van der Waals surface area contributed by atoms with E-state index in [9.17, 15) is 4.79 Å². The first kappa shape index (κ1) is 36.9. The van der Waals surface area contributed by atoms with Crippen molar-refractivity contribution in [2.24, 2.45) is 11.8 Å². The van der Waals surface area contributed by atoms with E-state index >= 15 is 0 Å². The molecule has 0 saturated carbocycles. The molecule has 0 amide bonds. The molecule has 1 aromatic rings. The van der Waals surface area contributed by atoms with Crippen molar-refractivity contribution < 1.29 is 37.5 Å². The summed E-state index contributed by atoms with van der Waals surface area (Å²) >= 11 is 0. The molecule has 1 rings (SSSR count). The Morgan fingerprint density at radius 2 is 1.41 bits per heavy atom. The van der Waals surface area contributed by atoms with Gasteiger partial charge >= 0.3 is 0 Å². The topological polar surface area (TPSA) is 38.1 Å². The number of imidazole rings is 1. The second-order valence-electron chi connectivity index (χ2n) is 11.6. The van der Waals surface area contributed by atoms with E-state index in [1.165, 1.54) is 103 Å². The molecule has 0 aliphatic heterocycles. The maximum absolute atomic E-state index is 12.2. The van der Waals surface area contributed by atoms with E-state index in [1.54, 1.807) is 0 Å². The summed E-state index contributed by atoms with van der Waals surface area (Å²) in [6.07, 6.45) is 27.5. The number of rotatable bonds is 26. The number of nitrogens with zero attached hydrogens (tertiary/aromatic N) is 3. The van der Waals surface area contributed by atoms with Gasteiger partial charge in [0.2, 0.25) is 0 Å². The third-order valence-corrected chi connectivity index (χ3v) is 7.50. The number of hydrogen-bond acceptors (Lipinski definition) is 3. The van der Waals surface area contributed by atoms with Crippen LogP contribution in [-0.4, -0.2) is 39.9 Å². The minimum Gasteiger partial charge on any atom is -0.343 e. The van der Waals surface area contributed by atoms with Crippen LogP contribution in [0.3, 0.4) is 0 Å². The number of carbonyl (C=O) groups is 1. The molecule has 0 N–H and O–H groups in total. The van der Waals surface area contributed by atoms with Crippen molar-refractivity contribution >= 4 is 5.78 Å².